The van der Waals surface area contributed by atoms with E-state index in [1.165, 1.54) is 25.3 Å². The van der Waals surface area contributed by atoms with Crippen LogP contribution in [0.4, 0.5) is 5.69 Å². The van der Waals surface area contributed by atoms with Gasteiger partial charge in [-0.3, -0.25) is 14.9 Å². The van der Waals surface area contributed by atoms with Crippen molar-refractivity contribution in [3.8, 4) is 0 Å². The molecule has 2 aromatic rings. The Bertz CT molecular complexity index is 852. The molecule has 27 heavy (non-hydrogen) atoms. The van der Waals surface area contributed by atoms with Crippen molar-refractivity contribution in [2.24, 2.45) is 0 Å². The maximum Gasteiger partial charge on any atom is 0.328 e. The Hall–Kier alpha value is -2.64. The first-order valence-electron chi connectivity index (χ1n) is 7.85. The average molecular weight is 411 g/mol. The third-order valence-electron chi connectivity index (χ3n) is 3.78. The van der Waals surface area contributed by atoms with Gasteiger partial charge in [0.1, 0.15) is 6.04 Å². The Kier molecular flexibility index (Phi) is 7.15. The molecule has 0 radical (unpaired) electrons. The molecular weight excluding hydrogens is 395 g/mol. The van der Waals surface area contributed by atoms with Gasteiger partial charge in [0, 0.05) is 28.6 Å². The number of nitro groups is 1. The Morgan fingerprint density at radius 1 is 1.19 bits per heavy atom. The standard InChI is InChI=1S/C18H16Cl2N2O5/c1-27-18(24)16(10-13-14(19)6-3-7-15(13)20)21-17(23)9-11-4-2-5-12(8-11)22(25)26/h2-8,16H,9-10H2,1H3,(H,21,23)/t16-/m1/s1. The van der Waals surface area contributed by atoms with Crippen molar-refractivity contribution in [2.45, 2.75) is 18.9 Å². The number of non-ortho nitro benzene ring substituents is 1. The van der Waals surface area contributed by atoms with Gasteiger partial charge < -0.3 is 10.1 Å². The molecule has 0 spiro atoms. The van der Waals surface area contributed by atoms with E-state index in [1.807, 2.05) is 0 Å². The molecular formula is C18H16Cl2N2O5. The number of methoxy groups -OCH3 is 1. The fourth-order valence-electron chi connectivity index (χ4n) is 2.48. The number of carbonyl (C=O) groups is 2. The molecule has 0 unspecified atom stereocenters. The van der Waals surface area contributed by atoms with E-state index in [0.29, 0.717) is 21.2 Å². The molecule has 9 heteroatoms. The first kappa shape index (κ1) is 20.7. The van der Waals surface area contributed by atoms with Crippen molar-refractivity contribution in [1.29, 1.82) is 0 Å². The maximum atomic E-state index is 12.3. The van der Waals surface area contributed by atoms with Crippen LogP contribution in [0.3, 0.4) is 0 Å². The number of carbonyl (C=O) groups excluding carboxylic acids is 2. The fourth-order valence-corrected chi connectivity index (χ4v) is 3.03. The van der Waals surface area contributed by atoms with Gasteiger partial charge in [0.2, 0.25) is 5.91 Å². The lowest BCUT2D eigenvalue weighted by molar-refractivity contribution is -0.384. The Labute approximate surface area is 165 Å². The highest BCUT2D eigenvalue weighted by Gasteiger charge is 2.24. The topological polar surface area (TPSA) is 98.5 Å². The van der Waals surface area contributed by atoms with Crippen LogP contribution in [0.15, 0.2) is 42.5 Å². The van der Waals surface area contributed by atoms with Crippen LogP contribution in [-0.4, -0.2) is 30.0 Å². The van der Waals surface area contributed by atoms with Gasteiger partial charge in [-0.05, 0) is 23.3 Å². The predicted molar refractivity (Wildman–Crippen MR) is 101 cm³/mol. The zero-order valence-electron chi connectivity index (χ0n) is 14.3. The molecule has 1 N–H and O–H groups in total. The summed E-state index contributed by atoms with van der Waals surface area (Å²) in [6, 6.07) is 9.63. The quantitative estimate of drug-likeness (QED) is 0.428. The molecule has 0 aliphatic carbocycles. The lowest BCUT2D eigenvalue weighted by Gasteiger charge is -2.18. The van der Waals surface area contributed by atoms with Crippen molar-refractivity contribution < 1.29 is 19.2 Å². The van der Waals surface area contributed by atoms with E-state index in [4.69, 9.17) is 27.9 Å². The highest BCUT2D eigenvalue weighted by atomic mass is 35.5. The van der Waals surface area contributed by atoms with Crippen LogP contribution in [0.1, 0.15) is 11.1 Å². The maximum absolute atomic E-state index is 12.3. The van der Waals surface area contributed by atoms with E-state index < -0.39 is 22.8 Å². The second-order valence-corrected chi connectivity index (χ2v) is 6.47. The second-order valence-electron chi connectivity index (χ2n) is 5.65. The third kappa shape index (κ3) is 5.67. The molecule has 7 nitrogen and oxygen atoms in total. The van der Waals surface area contributed by atoms with Crippen LogP contribution in [0, 0.1) is 10.1 Å². The predicted octanol–water partition coefficient (Wildman–Crippen LogP) is 3.34. The van der Waals surface area contributed by atoms with E-state index in [1.54, 1.807) is 24.3 Å². The number of ether oxygens (including phenoxy) is 1. The minimum atomic E-state index is -1.00. The summed E-state index contributed by atoms with van der Waals surface area (Å²) in [5.41, 5.74) is 0.834. The zero-order valence-corrected chi connectivity index (χ0v) is 15.8. The minimum absolute atomic E-state index is 0.0475. The summed E-state index contributed by atoms with van der Waals surface area (Å²) in [6.45, 7) is 0. The minimum Gasteiger partial charge on any atom is -0.467 e. The zero-order chi connectivity index (χ0) is 20.0. The Morgan fingerprint density at radius 2 is 1.81 bits per heavy atom. The number of halogens is 2. The molecule has 2 rings (SSSR count). The van der Waals surface area contributed by atoms with Gasteiger partial charge in [0.05, 0.1) is 18.5 Å². The lowest BCUT2D eigenvalue weighted by Crippen LogP contribution is -2.43. The largest absolute Gasteiger partial charge is 0.467 e. The number of amides is 1. The van der Waals surface area contributed by atoms with Crippen molar-refractivity contribution >= 4 is 40.8 Å². The van der Waals surface area contributed by atoms with Crippen LogP contribution in [0.25, 0.3) is 0 Å². The molecule has 0 aliphatic rings. The number of hydrogen-bond acceptors (Lipinski definition) is 5. The summed E-state index contributed by atoms with van der Waals surface area (Å²) in [7, 11) is 1.20. The molecule has 2 aromatic carbocycles. The normalized spacial score (nSPS) is 11.5. The lowest BCUT2D eigenvalue weighted by atomic mass is 10.0. The van der Waals surface area contributed by atoms with Crippen LogP contribution in [0.5, 0.6) is 0 Å². The summed E-state index contributed by atoms with van der Waals surface area (Å²) in [5, 5.41) is 14.1. The molecule has 0 aliphatic heterocycles. The smallest absolute Gasteiger partial charge is 0.328 e. The highest BCUT2D eigenvalue weighted by Crippen LogP contribution is 2.25. The van der Waals surface area contributed by atoms with Crippen molar-refractivity contribution in [1.82, 2.24) is 5.32 Å². The molecule has 0 fully saturated rings. The first-order chi connectivity index (χ1) is 12.8. The summed E-state index contributed by atoms with van der Waals surface area (Å²) in [5.74, 6) is -1.15. The molecule has 0 saturated carbocycles. The highest BCUT2D eigenvalue weighted by molar-refractivity contribution is 6.36. The van der Waals surface area contributed by atoms with Crippen LogP contribution < -0.4 is 5.32 Å². The number of esters is 1. The van der Waals surface area contributed by atoms with Crippen molar-refractivity contribution in [2.75, 3.05) is 7.11 Å². The van der Waals surface area contributed by atoms with Gasteiger partial charge in [-0.15, -0.1) is 0 Å². The Morgan fingerprint density at radius 3 is 2.41 bits per heavy atom. The van der Waals surface area contributed by atoms with Gasteiger partial charge in [0.25, 0.3) is 5.69 Å². The van der Waals surface area contributed by atoms with E-state index in [2.05, 4.69) is 5.32 Å². The monoisotopic (exact) mass is 410 g/mol. The van der Waals surface area contributed by atoms with Crippen molar-refractivity contribution in [3.05, 3.63) is 73.8 Å². The number of nitro benzene ring substituents is 1. The summed E-state index contributed by atoms with van der Waals surface area (Å²) in [4.78, 5) is 34.7. The van der Waals surface area contributed by atoms with Crippen molar-refractivity contribution in [3.63, 3.8) is 0 Å². The molecule has 142 valence electrons. The molecule has 0 saturated heterocycles. The van der Waals surface area contributed by atoms with Gasteiger partial charge >= 0.3 is 5.97 Å². The summed E-state index contributed by atoms with van der Waals surface area (Å²) in [6.07, 6.45) is -0.0860. The number of nitrogens with zero attached hydrogens (tertiary/aromatic N) is 1. The van der Waals surface area contributed by atoms with E-state index >= 15 is 0 Å². The van der Waals surface area contributed by atoms with Gasteiger partial charge in [-0.1, -0.05) is 41.4 Å². The van der Waals surface area contributed by atoms with Crippen LogP contribution in [0.2, 0.25) is 10.0 Å². The van der Waals surface area contributed by atoms with Gasteiger partial charge in [0.15, 0.2) is 0 Å². The summed E-state index contributed by atoms with van der Waals surface area (Å²) < 4.78 is 4.74. The van der Waals surface area contributed by atoms with E-state index in [9.17, 15) is 19.7 Å². The van der Waals surface area contributed by atoms with Crippen LogP contribution in [-0.2, 0) is 27.2 Å². The first-order valence-corrected chi connectivity index (χ1v) is 8.60. The Balaban J connectivity index is 2.14. The van der Waals surface area contributed by atoms with E-state index in [0.717, 1.165) is 0 Å². The van der Waals surface area contributed by atoms with Crippen LogP contribution >= 0.6 is 23.2 Å². The number of benzene rings is 2. The fraction of sp³-hybridized carbons (Fsp3) is 0.222. The summed E-state index contributed by atoms with van der Waals surface area (Å²) >= 11 is 12.2. The van der Waals surface area contributed by atoms with Gasteiger partial charge in [-0.2, -0.15) is 0 Å². The third-order valence-corrected chi connectivity index (χ3v) is 4.49. The number of nitrogens with one attached hydrogen (secondary N) is 1. The molecule has 1 atom stereocenters. The molecule has 0 heterocycles. The molecule has 0 aromatic heterocycles. The molecule has 0 bridgehead atoms. The number of hydrogen-bond donors (Lipinski definition) is 1. The second kappa shape index (κ2) is 9.34. The SMILES string of the molecule is COC(=O)[C@@H](Cc1c(Cl)cccc1Cl)NC(=O)Cc1cccc([N+](=O)[O-])c1. The van der Waals surface area contributed by atoms with E-state index in [-0.39, 0.29) is 18.5 Å². The van der Waals surface area contributed by atoms with Gasteiger partial charge in [-0.25, -0.2) is 4.79 Å². The average Bonchev–Trinajstić information content (AvgIpc) is 2.63. The number of rotatable bonds is 7. The molecule has 1 amide bonds.